The quantitative estimate of drug-likeness (QED) is 0.322. The summed E-state index contributed by atoms with van der Waals surface area (Å²) in [4.78, 5) is 41.5. The zero-order valence-electron chi connectivity index (χ0n) is 21.9. The van der Waals surface area contributed by atoms with Crippen LogP contribution in [0.3, 0.4) is 0 Å². The standard InChI is InChI=1S/C29H28FN3O6S/c1-2-37-29(36)39-17-38-27-22(34)12-14-32-26(27)28(35)31-13-6-5-9-24(31)33(32)25-20-11-10-19(30)15-18(20)16-40-23-8-4-3-7-21(23)25/h3-4,7-8,10-12,14-15,24-25H,2,5-6,9,13,16-17H2,1H3/t24-,25+/m1/s1. The molecule has 3 aliphatic heterocycles. The summed E-state index contributed by atoms with van der Waals surface area (Å²) in [6.07, 6.45) is 2.82. The van der Waals surface area contributed by atoms with Crippen molar-refractivity contribution in [2.45, 2.75) is 49.0 Å². The van der Waals surface area contributed by atoms with Crippen molar-refractivity contribution in [1.29, 1.82) is 0 Å². The van der Waals surface area contributed by atoms with Crippen molar-refractivity contribution in [1.82, 2.24) is 9.58 Å². The Morgan fingerprint density at radius 2 is 1.93 bits per heavy atom. The molecule has 0 bridgehead atoms. The van der Waals surface area contributed by atoms with Gasteiger partial charge in [-0.15, -0.1) is 11.8 Å². The van der Waals surface area contributed by atoms with E-state index in [9.17, 15) is 18.8 Å². The van der Waals surface area contributed by atoms with Gasteiger partial charge in [-0.1, -0.05) is 24.3 Å². The highest BCUT2D eigenvalue weighted by Gasteiger charge is 2.45. The van der Waals surface area contributed by atoms with Gasteiger partial charge in [0, 0.05) is 29.5 Å². The Hall–Kier alpha value is -3.99. The van der Waals surface area contributed by atoms with Crippen LogP contribution in [-0.4, -0.2) is 47.7 Å². The molecule has 0 radical (unpaired) electrons. The molecule has 0 spiro atoms. The lowest BCUT2D eigenvalue weighted by molar-refractivity contribution is 0.00499. The van der Waals surface area contributed by atoms with Crippen molar-refractivity contribution in [2.24, 2.45) is 0 Å². The van der Waals surface area contributed by atoms with Crippen molar-refractivity contribution >= 4 is 23.8 Å². The van der Waals surface area contributed by atoms with Gasteiger partial charge in [-0.05, 0) is 61.1 Å². The number of thioether (sulfide) groups is 1. The van der Waals surface area contributed by atoms with Crippen LogP contribution < -0.4 is 15.2 Å². The van der Waals surface area contributed by atoms with Gasteiger partial charge in [0.25, 0.3) is 5.91 Å². The van der Waals surface area contributed by atoms with Crippen molar-refractivity contribution in [3.8, 4) is 5.75 Å². The maximum Gasteiger partial charge on any atom is 0.511 e. The largest absolute Gasteiger partial charge is 0.511 e. The van der Waals surface area contributed by atoms with Crippen LogP contribution in [0, 0.1) is 5.82 Å². The number of rotatable bonds is 5. The van der Waals surface area contributed by atoms with E-state index in [1.807, 2.05) is 18.2 Å². The van der Waals surface area contributed by atoms with Crippen LogP contribution >= 0.6 is 11.8 Å². The number of nitrogens with zero attached hydrogens (tertiary/aromatic N) is 3. The fraction of sp³-hybridized carbons (Fsp3) is 0.345. The SMILES string of the molecule is CCOC(=O)OCOc1c2n(ccc1=O)N([C@H]1c3ccc(F)cc3CSc3ccccc31)[C@@H]1CCCCN1C2=O. The lowest BCUT2D eigenvalue weighted by Gasteiger charge is -2.52. The van der Waals surface area contributed by atoms with Gasteiger partial charge < -0.3 is 19.1 Å². The minimum absolute atomic E-state index is 0.0520. The molecule has 11 heteroatoms. The molecule has 208 valence electrons. The molecule has 3 aliphatic rings. The fourth-order valence-electron chi connectivity index (χ4n) is 5.75. The summed E-state index contributed by atoms with van der Waals surface area (Å²) in [5.74, 6) is -0.251. The number of hydrogen-bond donors (Lipinski definition) is 0. The lowest BCUT2D eigenvalue weighted by Crippen LogP contribution is -2.63. The average Bonchev–Trinajstić information content (AvgIpc) is 3.11. The van der Waals surface area contributed by atoms with Crippen molar-refractivity contribution in [3.63, 3.8) is 0 Å². The predicted molar refractivity (Wildman–Crippen MR) is 145 cm³/mol. The van der Waals surface area contributed by atoms with Gasteiger partial charge in [0.2, 0.25) is 18.0 Å². The molecular formula is C29H28FN3O6S. The highest BCUT2D eigenvalue weighted by molar-refractivity contribution is 7.98. The molecule has 2 aromatic carbocycles. The maximum absolute atomic E-state index is 14.4. The summed E-state index contributed by atoms with van der Waals surface area (Å²) >= 11 is 1.65. The van der Waals surface area contributed by atoms with Crippen molar-refractivity contribution in [3.05, 3.63) is 93.2 Å². The van der Waals surface area contributed by atoms with Gasteiger partial charge in [-0.3, -0.25) is 19.3 Å². The van der Waals surface area contributed by atoms with Crippen LogP contribution in [0.25, 0.3) is 0 Å². The lowest BCUT2D eigenvalue weighted by atomic mass is 9.92. The third-order valence-electron chi connectivity index (χ3n) is 7.43. The first-order valence-electron chi connectivity index (χ1n) is 13.3. The van der Waals surface area contributed by atoms with Crippen LogP contribution in [0.15, 0.2) is 64.4 Å². The van der Waals surface area contributed by atoms with Gasteiger partial charge in [0.15, 0.2) is 5.69 Å². The molecule has 0 N–H and O–H groups in total. The average molecular weight is 566 g/mol. The number of ether oxygens (including phenoxy) is 3. The summed E-state index contributed by atoms with van der Waals surface area (Å²) in [6.45, 7) is 1.69. The molecule has 1 saturated heterocycles. The molecule has 9 nitrogen and oxygen atoms in total. The number of carbonyl (C=O) groups is 2. The van der Waals surface area contributed by atoms with Gasteiger partial charge in [0.05, 0.1) is 12.6 Å². The zero-order chi connectivity index (χ0) is 27.8. The predicted octanol–water partition coefficient (Wildman–Crippen LogP) is 4.80. The van der Waals surface area contributed by atoms with Gasteiger partial charge in [0.1, 0.15) is 12.0 Å². The van der Waals surface area contributed by atoms with E-state index in [2.05, 4.69) is 17.1 Å². The molecule has 2 atom stereocenters. The third kappa shape index (κ3) is 4.57. The Balaban J connectivity index is 1.53. The van der Waals surface area contributed by atoms with E-state index in [0.717, 1.165) is 40.8 Å². The Labute approximate surface area is 234 Å². The number of carbonyl (C=O) groups excluding carboxylic acids is 2. The summed E-state index contributed by atoms with van der Waals surface area (Å²) in [5, 5.41) is 2.11. The first-order valence-corrected chi connectivity index (χ1v) is 14.2. The number of piperidine rings is 1. The van der Waals surface area contributed by atoms with E-state index in [4.69, 9.17) is 14.2 Å². The second kappa shape index (κ2) is 10.9. The van der Waals surface area contributed by atoms with Crippen molar-refractivity contribution in [2.75, 3.05) is 25.0 Å². The van der Waals surface area contributed by atoms with Crippen LogP contribution in [0.2, 0.25) is 0 Å². The molecule has 0 saturated carbocycles. The molecule has 3 aromatic rings. The third-order valence-corrected chi connectivity index (χ3v) is 8.57. The molecule has 40 heavy (non-hydrogen) atoms. The Morgan fingerprint density at radius 3 is 2.77 bits per heavy atom. The monoisotopic (exact) mass is 565 g/mol. The number of fused-ring (bicyclic) bond motifs is 4. The normalized spacial score (nSPS) is 19.5. The number of pyridine rings is 1. The number of benzene rings is 2. The van der Waals surface area contributed by atoms with E-state index in [0.29, 0.717) is 12.3 Å². The van der Waals surface area contributed by atoms with Crippen LogP contribution in [0.5, 0.6) is 5.75 Å². The summed E-state index contributed by atoms with van der Waals surface area (Å²) < 4.78 is 31.4. The minimum atomic E-state index is -0.937. The van der Waals surface area contributed by atoms with Crippen LogP contribution in [0.1, 0.15) is 59.4 Å². The summed E-state index contributed by atoms with van der Waals surface area (Å²) in [6, 6.07) is 13.9. The molecule has 1 fully saturated rings. The van der Waals surface area contributed by atoms with Crippen LogP contribution in [-0.2, 0) is 15.2 Å². The number of aromatic nitrogens is 1. The highest BCUT2D eigenvalue weighted by atomic mass is 32.2. The van der Waals surface area contributed by atoms with E-state index in [1.165, 1.54) is 12.1 Å². The molecule has 0 unspecified atom stereocenters. The fourth-order valence-corrected chi connectivity index (χ4v) is 6.83. The van der Waals surface area contributed by atoms with E-state index in [-0.39, 0.29) is 42.0 Å². The van der Waals surface area contributed by atoms with Gasteiger partial charge >= 0.3 is 6.16 Å². The van der Waals surface area contributed by atoms with Crippen LogP contribution in [0.4, 0.5) is 9.18 Å². The molecule has 0 aliphatic carbocycles. The Kier molecular flexibility index (Phi) is 7.14. The molecular weight excluding hydrogens is 537 g/mol. The topological polar surface area (TPSA) is 90.3 Å². The molecule has 1 aromatic heterocycles. The first kappa shape index (κ1) is 26.2. The maximum atomic E-state index is 14.4. The zero-order valence-corrected chi connectivity index (χ0v) is 22.7. The van der Waals surface area contributed by atoms with E-state index in [1.54, 1.807) is 40.5 Å². The first-order chi connectivity index (χ1) is 19.5. The summed E-state index contributed by atoms with van der Waals surface area (Å²) in [7, 11) is 0. The molecule has 1 amide bonds. The van der Waals surface area contributed by atoms with E-state index < -0.39 is 18.4 Å². The second-order valence-electron chi connectivity index (χ2n) is 9.72. The van der Waals surface area contributed by atoms with Gasteiger partial charge in [-0.25, -0.2) is 9.18 Å². The Morgan fingerprint density at radius 1 is 1.07 bits per heavy atom. The van der Waals surface area contributed by atoms with Gasteiger partial charge in [-0.2, -0.15) is 0 Å². The molecule has 4 heterocycles. The second-order valence-corrected chi connectivity index (χ2v) is 10.7. The van der Waals surface area contributed by atoms with E-state index >= 15 is 0 Å². The number of hydrogen-bond acceptors (Lipinski definition) is 8. The highest BCUT2D eigenvalue weighted by Crippen LogP contribution is 2.45. The van der Waals surface area contributed by atoms with Crippen molar-refractivity contribution < 1.29 is 28.2 Å². The number of halogens is 1. The summed E-state index contributed by atoms with van der Waals surface area (Å²) in [5.41, 5.74) is 2.36. The smallest absolute Gasteiger partial charge is 0.451 e. The molecule has 6 rings (SSSR count). The Bertz CT molecular complexity index is 1530. The number of amides is 1. The minimum Gasteiger partial charge on any atom is -0.451 e.